The monoisotopic (exact) mass is 426 g/mol. The topological polar surface area (TPSA) is 68.6 Å². The van der Waals surface area contributed by atoms with Crippen LogP contribution in [-0.2, 0) is 14.3 Å². The fourth-order valence-corrected chi connectivity index (χ4v) is 4.23. The number of hydrogen-bond acceptors (Lipinski definition) is 5. The molecule has 3 rings (SSSR count). The van der Waals surface area contributed by atoms with Crippen LogP contribution in [0.15, 0.2) is 29.2 Å². The number of esters is 1. The van der Waals surface area contributed by atoms with Crippen LogP contribution in [0.3, 0.4) is 0 Å². The number of carbonyl (C=O) groups is 3. The van der Waals surface area contributed by atoms with Gasteiger partial charge in [-0.15, -0.1) is 0 Å². The Morgan fingerprint density at radius 1 is 1.10 bits per heavy atom. The molecular formula is C23H26N2O4S. The van der Waals surface area contributed by atoms with Crippen LogP contribution in [0.2, 0.25) is 0 Å². The summed E-state index contributed by atoms with van der Waals surface area (Å²) >= 11 is 0.843. The maximum atomic E-state index is 12.7. The molecule has 0 saturated carbocycles. The molecule has 0 aliphatic carbocycles. The summed E-state index contributed by atoms with van der Waals surface area (Å²) in [6, 6.07) is 8.28. The van der Waals surface area contributed by atoms with E-state index in [1.165, 1.54) is 11.1 Å². The number of carbonyl (C=O) groups excluding carboxylic acids is 3. The molecule has 1 aromatic carbocycles. The van der Waals surface area contributed by atoms with Gasteiger partial charge in [0.05, 0.1) is 11.0 Å². The van der Waals surface area contributed by atoms with Gasteiger partial charge < -0.3 is 9.30 Å². The standard InChI is InChI=1S/C23H26N2O4S/c1-13(2)29-21(26)12-24-22(27)20(30-23(24)28)11-18-10-16(5)25(17(18)6)19-8-7-14(3)15(4)9-19/h7-11,13H,12H2,1-6H3/b20-11+. The molecule has 0 atom stereocenters. The molecule has 7 heteroatoms. The highest BCUT2D eigenvalue weighted by Gasteiger charge is 2.37. The molecule has 2 amide bonds. The van der Waals surface area contributed by atoms with E-state index in [0.29, 0.717) is 4.91 Å². The van der Waals surface area contributed by atoms with Crippen LogP contribution in [0.25, 0.3) is 11.8 Å². The number of hydrogen-bond donors (Lipinski definition) is 0. The van der Waals surface area contributed by atoms with Crippen LogP contribution in [-0.4, -0.2) is 39.2 Å². The third-order valence-corrected chi connectivity index (χ3v) is 5.94. The zero-order chi connectivity index (χ0) is 22.2. The molecule has 0 bridgehead atoms. The van der Waals surface area contributed by atoms with Crippen molar-refractivity contribution in [2.24, 2.45) is 0 Å². The molecule has 1 fully saturated rings. The van der Waals surface area contributed by atoms with Gasteiger partial charge in [-0.05, 0) is 94.3 Å². The molecule has 1 aliphatic heterocycles. The largest absolute Gasteiger partial charge is 0.462 e. The van der Waals surface area contributed by atoms with E-state index in [4.69, 9.17) is 4.74 Å². The Balaban J connectivity index is 1.89. The average molecular weight is 427 g/mol. The summed E-state index contributed by atoms with van der Waals surface area (Å²) in [6.45, 7) is 11.2. The smallest absolute Gasteiger partial charge is 0.326 e. The lowest BCUT2D eigenvalue weighted by Crippen LogP contribution is -2.35. The Morgan fingerprint density at radius 3 is 2.43 bits per heavy atom. The quantitative estimate of drug-likeness (QED) is 0.512. The van der Waals surface area contributed by atoms with E-state index in [1.54, 1.807) is 19.9 Å². The predicted molar refractivity (Wildman–Crippen MR) is 119 cm³/mol. The second-order valence-electron chi connectivity index (χ2n) is 7.74. The van der Waals surface area contributed by atoms with Gasteiger partial charge in [0.2, 0.25) is 0 Å². The Labute approximate surface area is 180 Å². The van der Waals surface area contributed by atoms with E-state index in [9.17, 15) is 14.4 Å². The second kappa shape index (κ2) is 8.52. The van der Waals surface area contributed by atoms with E-state index in [2.05, 4.69) is 36.6 Å². The van der Waals surface area contributed by atoms with E-state index < -0.39 is 17.1 Å². The van der Waals surface area contributed by atoms with Crippen molar-refractivity contribution in [2.45, 2.75) is 47.6 Å². The Kier molecular flexibility index (Phi) is 6.22. The first-order valence-corrected chi connectivity index (χ1v) is 10.6. The minimum absolute atomic E-state index is 0.302. The maximum Gasteiger partial charge on any atom is 0.326 e. The third-order valence-electron chi connectivity index (χ3n) is 5.03. The van der Waals surface area contributed by atoms with Crippen molar-refractivity contribution in [1.29, 1.82) is 0 Å². The van der Waals surface area contributed by atoms with Gasteiger partial charge >= 0.3 is 5.97 Å². The van der Waals surface area contributed by atoms with Crippen molar-refractivity contribution < 1.29 is 19.1 Å². The van der Waals surface area contributed by atoms with Gasteiger partial charge in [0.15, 0.2) is 0 Å². The molecule has 6 nitrogen and oxygen atoms in total. The molecule has 0 unspecified atom stereocenters. The van der Waals surface area contributed by atoms with Gasteiger partial charge in [-0.2, -0.15) is 0 Å². The van der Waals surface area contributed by atoms with Gasteiger partial charge in [-0.3, -0.25) is 19.3 Å². The Hall–Kier alpha value is -2.80. The van der Waals surface area contributed by atoms with Crippen LogP contribution >= 0.6 is 11.8 Å². The molecule has 158 valence electrons. The number of rotatable bonds is 5. The SMILES string of the molecule is Cc1ccc(-n2c(C)cc(/C=C3/SC(=O)N(CC(=O)OC(C)C)C3=O)c2C)cc1C. The zero-order valence-corrected chi connectivity index (χ0v) is 18.9. The highest BCUT2D eigenvalue weighted by atomic mass is 32.2. The van der Waals surface area contributed by atoms with Crippen molar-refractivity contribution in [3.8, 4) is 5.69 Å². The molecule has 1 aromatic heterocycles. The fraction of sp³-hybridized carbons (Fsp3) is 0.348. The Morgan fingerprint density at radius 2 is 1.80 bits per heavy atom. The zero-order valence-electron chi connectivity index (χ0n) is 18.1. The molecule has 2 aromatic rings. The van der Waals surface area contributed by atoms with Crippen LogP contribution < -0.4 is 0 Å². The van der Waals surface area contributed by atoms with Crippen molar-refractivity contribution in [1.82, 2.24) is 9.47 Å². The molecule has 2 heterocycles. The van der Waals surface area contributed by atoms with Crippen molar-refractivity contribution >= 4 is 35.0 Å². The lowest BCUT2D eigenvalue weighted by molar-refractivity contribution is -0.149. The van der Waals surface area contributed by atoms with Gasteiger partial charge in [-0.1, -0.05) is 6.07 Å². The number of imide groups is 1. The van der Waals surface area contributed by atoms with Crippen molar-refractivity contribution in [3.63, 3.8) is 0 Å². The normalized spacial score (nSPS) is 15.6. The third kappa shape index (κ3) is 4.36. The lowest BCUT2D eigenvalue weighted by Gasteiger charge is -2.13. The van der Waals surface area contributed by atoms with E-state index >= 15 is 0 Å². The van der Waals surface area contributed by atoms with Gasteiger partial charge in [0, 0.05) is 17.1 Å². The second-order valence-corrected chi connectivity index (χ2v) is 8.73. The predicted octanol–water partition coefficient (Wildman–Crippen LogP) is 4.70. The fourth-order valence-electron chi connectivity index (χ4n) is 3.40. The summed E-state index contributed by atoms with van der Waals surface area (Å²) in [7, 11) is 0. The van der Waals surface area contributed by atoms with E-state index in [-0.39, 0.29) is 12.6 Å². The minimum Gasteiger partial charge on any atom is -0.462 e. The molecule has 1 aliphatic rings. The minimum atomic E-state index is -0.596. The first-order chi connectivity index (χ1) is 14.1. The molecule has 0 radical (unpaired) electrons. The first-order valence-electron chi connectivity index (χ1n) is 9.80. The summed E-state index contributed by atoms with van der Waals surface area (Å²) in [6.07, 6.45) is 1.42. The van der Waals surface area contributed by atoms with Gasteiger partial charge in [0.25, 0.3) is 11.1 Å². The van der Waals surface area contributed by atoms with E-state index in [0.717, 1.165) is 39.3 Å². The maximum absolute atomic E-state index is 12.7. The highest BCUT2D eigenvalue weighted by Crippen LogP contribution is 2.33. The number of amides is 2. The Bertz CT molecular complexity index is 1070. The highest BCUT2D eigenvalue weighted by molar-refractivity contribution is 8.18. The first kappa shape index (κ1) is 21.9. The molecule has 1 saturated heterocycles. The van der Waals surface area contributed by atoms with Crippen molar-refractivity contribution in [2.75, 3.05) is 6.54 Å². The number of benzene rings is 1. The molecular weight excluding hydrogens is 400 g/mol. The van der Waals surface area contributed by atoms with Crippen LogP contribution in [0, 0.1) is 27.7 Å². The molecule has 30 heavy (non-hydrogen) atoms. The summed E-state index contributed by atoms with van der Waals surface area (Å²) in [4.78, 5) is 38.1. The van der Waals surface area contributed by atoms with Crippen LogP contribution in [0.1, 0.15) is 41.9 Å². The van der Waals surface area contributed by atoms with Gasteiger partial charge in [0.1, 0.15) is 6.54 Å². The van der Waals surface area contributed by atoms with Crippen LogP contribution in [0.5, 0.6) is 0 Å². The number of nitrogens with zero attached hydrogens (tertiary/aromatic N) is 2. The lowest BCUT2D eigenvalue weighted by atomic mass is 10.1. The summed E-state index contributed by atoms with van der Waals surface area (Å²) in [5.41, 5.74) is 6.35. The van der Waals surface area contributed by atoms with Gasteiger partial charge in [-0.25, -0.2) is 0 Å². The number of aryl methyl sites for hydroxylation is 3. The number of thioether (sulfide) groups is 1. The van der Waals surface area contributed by atoms with E-state index in [1.807, 2.05) is 19.9 Å². The molecule has 0 spiro atoms. The molecule has 0 N–H and O–H groups in total. The van der Waals surface area contributed by atoms with Crippen molar-refractivity contribution in [3.05, 3.63) is 57.2 Å². The average Bonchev–Trinajstić information content (AvgIpc) is 3.07. The summed E-state index contributed by atoms with van der Waals surface area (Å²) in [5.74, 6) is -1.07. The number of aromatic nitrogens is 1. The van der Waals surface area contributed by atoms with Crippen LogP contribution in [0.4, 0.5) is 4.79 Å². The summed E-state index contributed by atoms with van der Waals surface area (Å²) < 4.78 is 7.18. The number of ether oxygens (including phenoxy) is 1. The summed E-state index contributed by atoms with van der Waals surface area (Å²) in [5, 5.41) is -0.463.